The lowest BCUT2D eigenvalue weighted by molar-refractivity contribution is 0.0518. The Morgan fingerprint density at radius 3 is 3.07 bits per heavy atom. The smallest absolute Gasteiger partial charge is 0.360 e. The molecule has 0 aliphatic rings. The summed E-state index contributed by atoms with van der Waals surface area (Å²) < 4.78 is 6.14. The minimum atomic E-state index is -0.547. The third kappa shape index (κ3) is 2.46. The first kappa shape index (κ1) is 11.0. The van der Waals surface area contributed by atoms with Crippen molar-refractivity contribution in [2.75, 3.05) is 13.2 Å². The quantitative estimate of drug-likeness (QED) is 0.756. The largest absolute Gasteiger partial charge is 0.461 e. The molecule has 1 aromatic rings. The van der Waals surface area contributed by atoms with Gasteiger partial charge in [-0.3, -0.25) is 4.68 Å². The molecule has 0 spiro atoms. The number of halogens is 1. The van der Waals surface area contributed by atoms with E-state index in [2.05, 4.69) is 5.10 Å². The van der Waals surface area contributed by atoms with E-state index in [0.717, 1.165) is 0 Å². The summed E-state index contributed by atoms with van der Waals surface area (Å²) in [5.74, 6) is -0.547. The first-order valence-electron chi connectivity index (χ1n) is 4.20. The van der Waals surface area contributed by atoms with Gasteiger partial charge < -0.3 is 9.84 Å². The van der Waals surface area contributed by atoms with Crippen LogP contribution in [-0.4, -0.2) is 34.1 Å². The van der Waals surface area contributed by atoms with Crippen molar-refractivity contribution in [1.29, 1.82) is 0 Å². The molecule has 1 rings (SSSR count). The molecule has 14 heavy (non-hydrogen) atoms. The van der Waals surface area contributed by atoms with Gasteiger partial charge in [0.15, 0.2) is 5.69 Å². The summed E-state index contributed by atoms with van der Waals surface area (Å²) in [5.41, 5.74) is 0.0852. The van der Waals surface area contributed by atoms with E-state index in [1.165, 1.54) is 10.9 Å². The number of nitrogens with zero attached hydrogens (tertiary/aromatic N) is 2. The summed E-state index contributed by atoms with van der Waals surface area (Å²) >= 11 is 5.75. The van der Waals surface area contributed by atoms with Gasteiger partial charge in [-0.2, -0.15) is 5.10 Å². The monoisotopic (exact) mass is 218 g/mol. The van der Waals surface area contributed by atoms with E-state index in [1.807, 2.05) is 0 Å². The summed E-state index contributed by atoms with van der Waals surface area (Å²) in [7, 11) is 0. The molecular formula is C8H11ClN2O3. The predicted molar refractivity (Wildman–Crippen MR) is 50.3 cm³/mol. The van der Waals surface area contributed by atoms with E-state index in [1.54, 1.807) is 6.92 Å². The second-order valence-corrected chi connectivity index (χ2v) is 2.94. The fourth-order valence-corrected chi connectivity index (χ4v) is 1.18. The second-order valence-electron chi connectivity index (χ2n) is 2.53. The van der Waals surface area contributed by atoms with E-state index >= 15 is 0 Å². The number of aliphatic hydroxyl groups excluding tert-OH is 1. The van der Waals surface area contributed by atoms with Crippen LogP contribution in [0.25, 0.3) is 0 Å². The van der Waals surface area contributed by atoms with Crippen LogP contribution in [0.5, 0.6) is 0 Å². The van der Waals surface area contributed by atoms with Gasteiger partial charge >= 0.3 is 5.97 Å². The Morgan fingerprint density at radius 1 is 1.79 bits per heavy atom. The van der Waals surface area contributed by atoms with Gasteiger partial charge in [-0.05, 0) is 6.92 Å². The highest BCUT2D eigenvalue weighted by Gasteiger charge is 2.16. The molecule has 0 saturated heterocycles. The molecule has 0 radical (unpaired) electrons. The molecule has 5 nitrogen and oxygen atoms in total. The van der Waals surface area contributed by atoms with Gasteiger partial charge in [0.1, 0.15) is 0 Å². The van der Waals surface area contributed by atoms with Crippen molar-refractivity contribution in [3.05, 3.63) is 16.9 Å². The average Bonchev–Trinajstić information content (AvgIpc) is 2.48. The molecule has 0 aliphatic carbocycles. The lowest BCUT2D eigenvalue weighted by atomic mass is 10.4. The number of carbonyl (C=O) groups is 1. The van der Waals surface area contributed by atoms with E-state index in [9.17, 15) is 4.79 Å². The maximum absolute atomic E-state index is 11.2. The Morgan fingerprint density at radius 2 is 2.50 bits per heavy atom. The van der Waals surface area contributed by atoms with Gasteiger partial charge in [0.25, 0.3) is 0 Å². The molecule has 0 atom stereocenters. The molecule has 0 saturated carbocycles. The molecule has 0 bridgehead atoms. The van der Waals surface area contributed by atoms with Crippen LogP contribution < -0.4 is 0 Å². The number of rotatable bonds is 4. The highest BCUT2D eigenvalue weighted by molar-refractivity contribution is 6.33. The van der Waals surface area contributed by atoms with E-state index in [4.69, 9.17) is 21.4 Å². The van der Waals surface area contributed by atoms with Crippen molar-refractivity contribution in [2.45, 2.75) is 13.5 Å². The third-order valence-corrected chi connectivity index (χ3v) is 1.79. The van der Waals surface area contributed by atoms with Crippen LogP contribution in [0.4, 0.5) is 0 Å². The lowest BCUT2D eigenvalue weighted by Gasteiger charge is -1.97. The number of hydrogen-bond donors (Lipinski definition) is 1. The Labute approximate surface area is 86.2 Å². The minimum Gasteiger partial charge on any atom is -0.461 e. The Bertz CT molecular complexity index is 324. The highest BCUT2D eigenvalue weighted by atomic mass is 35.5. The molecule has 1 aromatic heterocycles. The van der Waals surface area contributed by atoms with E-state index in [-0.39, 0.29) is 23.9 Å². The van der Waals surface area contributed by atoms with Gasteiger partial charge in [-0.1, -0.05) is 11.6 Å². The first-order chi connectivity index (χ1) is 6.69. The van der Waals surface area contributed by atoms with Crippen LogP contribution in [-0.2, 0) is 11.3 Å². The predicted octanol–water partition coefficient (Wildman–Crippen LogP) is 0.706. The molecule has 1 heterocycles. The highest BCUT2D eigenvalue weighted by Crippen LogP contribution is 2.14. The number of aromatic nitrogens is 2. The number of esters is 1. The number of carbonyl (C=O) groups excluding carboxylic acids is 1. The Balaban J connectivity index is 2.81. The fourth-order valence-electron chi connectivity index (χ4n) is 0.952. The Hall–Kier alpha value is -1.07. The zero-order valence-electron chi connectivity index (χ0n) is 7.73. The zero-order chi connectivity index (χ0) is 10.6. The maximum Gasteiger partial charge on any atom is 0.360 e. The standard InChI is InChI=1S/C8H11ClN2O3/c1-2-14-8(13)7-6(9)5-11(10-7)3-4-12/h5,12H,2-4H2,1H3. The number of ether oxygens (including phenoxy) is 1. The van der Waals surface area contributed by atoms with Crippen LogP contribution in [0.3, 0.4) is 0 Å². The summed E-state index contributed by atoms with van der Waals surface area (Å²) in [6.45, 7) is 2.23. The molecule has 0 unspecified atom stereocenters. The van der Waals surface area contributed by atoms with Crippen LogP contribution in [0.2, 0.25) is 5.02 Å². The fraction of sp³-hybridized carbons (Fsp3) is 0.500. The molecule has 1 N–H and O–H groups in total. The minimum absolute atomic E-state index is 0.0553. The SMILES string of the molecule is CCOC(=O)c1nn(CCO)cc1Cl. The van der Waals surface area contributed by atoms with Gasteiger partial charge in [-0.15, -0.1) is 0 Å². The van der Waals surface area contributed by atoms with Gasteiger partial charge in [0.2, 0.25) is 0 Å². The van der Waals surface area contributed by atoms with Crippen molar-refractivity contribution in [3.63, 3.8) is 0 Å². The summed E-state index contributed by atoms with van der Waals surface area (Å²) in [6.07, 6.45) is 1.48. The number of hydrogen-bond acceptors (Lipinski definition) is 4. The first-order valence-corrected chi connectivity index (χ1v) is 4.57. The topological polar surface area (TPSA) is 64.3 Å². The maximum atomic E-state index is 11.2. The number of aliphatic hydroxyl groups is 1. The molecule has 6 heteroatoms. The van der Waals surface area contributed by atoms with Crippen molar-refractivity contribution in [2.24, 2.45) is 0 Å². The molecule has 0 aliphatic heterocycles. The second kappa shape index (κ2) is 4.97. The molecule has 0 aromatic carbocycles. The van der Waals surface area contributed by atoms with E-state index < -0.39 is 5.97 Å². The summed E-state index contributed by atoms with van der Waals surface area (Å²) in [6, 6.07) is 0. The third-order valence-electron chi connectivity index (χ3n) is 1.51. The van der Waals surface area contributed by atoms with Gasteiger partial charge in [0, 0.05) is 6.20 Å². The van der Waals surface area contributed by atoms with Gasteiger partial charge in [0.05, 0.1) is 24.8 Å². The molecular weight excluding hydrogens is 208 g/mol. The van der Waals surface area contributed by atoms with Crippen LogP contribution >= 0.6 is 11.6 Å². The normalized spacial score (nSPS) is 10.2. The molecule has 0 fully saturated rings. The Kier molecular flexibility index (Phi) is 3.91. The van der Waals surface area contributed by atoms with Crippen molar-refractivity contribution in [1.82, 2.24) is 9.78 Å². The van der Waals surface area contributed by atoms with Crippen LogP contribution in [0.1, 0.15) is 17.4 Å². The average molecular weight is 219 g/mol. The summed E-state index contributed by atoms with van der Waals surface area (Å²) in [5, 5.41) is 12.7. The van der Waals surface area contributed by atoms with Crippen LogP contribution in [0, 0.1) is 0 Å². The van der Waals surface area contributed by atoms with E-state index in [0.29, 0.717) is 6.54 Å². The lowest BCUT2D eigenvalue weighted by Crippen LogP contribution is -2.08. The summed E-state index contributed by atoms with van der Waals surface area (Å²) in [4.78, 5) is 11.2. The molecule has 0 amide bonds. The zero-order valence-corrected chi connectivity index (χ0v) is 8.49. The van der Waals surface area contributed by atoms with Gasteiger partial charge in [-0.25, -0.2) is 4.79 Å². The van der Waals surface area contributed by atoms with Crippen molar-refractivity contribution < 1.29 is 14.6 Å². The molecule has 78 valence electrons. The van der Waals surface area contributed by atoms with Crippen LogP contribution in [0.15, 0.2) is 6.20 Å². The van der Waals surface area contributed by atoms with Crippen molar-refractivity contribution >= 4 is 17.6 Å². The van der Waals surface area contributed by atoms with Crippen molar-refractivity contribution in [3.8, 4) is 0 Å².